The first-order chi connectivity index (χ1) is 11.5. The van der Waals surface area contributed by atoms with Gasteiger partial charge in [-0.1, -0.05) is 19.3 Å². The Morgan fingerprint density at radius 1 is 1.12 bits per heavy atom. The Bertz CT molecular complexity index is 581. The molecule has 0 aromatic heterocycles. The summed E-state index contributed by atoms with van der Waals surface area (Å²) in [4.78, 5) is 24.6. The molecule has 1 amide bonds. The number of hydrogen-bond acceptors (Lipinski definition) is 5. The summed E-state index contributed by atoms with van der Waals surface area (Å²) in [5.41, 5.74) is 0.231. The molecule has 1 aromatic carbocycles. The van der Waals surface area contributed by atoms with Crippen molar-refractivity contribution in [1.29, 1.82) is 0 Å². The van der Waals surface area contributed by atoms with Gasteiger partial charge in [-0.25, -0.2) is 4.79 Å². The number of benzene rings is 1. The lowest BCUT2D eigenvalue weighted by Crippen LogP contribution is -2.42. The number of esters is 1. The van der Waals surface area contributed by atoms with Gasteiger partial charge in [0.2, 0.25) is 0 Å². The summed E-state index contributed by atoms with van der Waals surface area (Å²) in [6.07, 6.45) is 4.56. The SMILES string of the molecule is COc1ccc(OC)c(C(=O)OC(C)C(=O)NC2CCCCC2)c1. The minimum atomic E-state index is -0.865. The van der Waals surface area contributed by atoms with Crippen molar-refractivity contribution in [2.45, 2.75) is 51.2 Å². The molecule has 0 spiro atoms. The van der Waals surface area contributed by atoms with Gasteiger partial charge >= 0.3 is 5.97 Å². The van der Waals surface area contributed by atoms with E-state index >= 15 is 0 Å². The van der Waals surface area contributed by atoms with E-state index in [-0.39, 0.29) is 17.5 Å². The van der Waals surface area contributed by atoms with Gasteiger partial charge in [0.1, 0.15) is 17.1 Å². The van der Waals surface area contributed by atoms with E-state index in [9.17, 15) is 9.59 Å². The minimum absolute atomic E-state index is 0.179. The molecular formula is C18H25NO5. The smallest absolute Gasteiger partial charge is 0.342 e. The van der Waals surface area contributed by atoms with Gasteiger partial charge in [-0.15, -0.1) is 0 Å². The fourth-order valence-electron chi connectivity index (χ4n) is 2.82. The Morgan fingerprint density at radius 3 is 2.46 bits per heavy atom. The fourth-order valence-corrected chi connectivity index (χ4v) is 2.82. The molecule has 1 aliphatic carbocycles. The van der Waals surface area contributed by atoms with Crippen LogP contribution < -0.4 is 14.8 Å². The molecule has 6 heteroatoms. The standard InChI is InChI=1S/C18H25NO5/c1-12(17(20)19-13-7-5-4-6-8-13)24-18(21)15-11-14(22-2)9-10-16(15)23-3/h9-13H,4-8H2,1-3H3,(H,19,20). The monoisotopic (exact) mass is 335 g/mol. The first kappa shape index (κ1) is 18.1. The van der Waals surface area contributed by atoms with Crippen LogP contribution in [-0.4, -0.2) is 38.2 Å². The number of ether oxygens (including phenoxy) is 3. The Balaban J connectivity index is 1.98. The highest BCUT2D eigenvalue weighted by molar-refractivity contribution is 5.95. The van der Waals surface area contributed by atoms with E-state index in [0.717, 1.165) is 25.7 Å². The van der Waals surface area contributed by atoms with Crippen molar-refractivity contribution in [3.8, 4) is 11.5 Å². The molecule has 1 saturated carbocycles. The van der Waals surface area contributed by atoms with Gasteiger partial charge in [-0.2, -0.15) is 0 Å². The molecule has 2 rings (SSSR count). The second kappa shape index (κ2) is 8.57. The highest BCUT2D eigenvalue weighted by atomic mass is 16.5. The molecule has 1 atom stereocenters. The van der Waals surface area contributed by atoms with E-state index in [1.807, 2.05) is 0 Å². The predicted octanol–water partition coefficient (Wildman–Crippen LogP) is 2.70. The van der Waals surface area contributed by atoms with Gasteiger partial charge in [0.05, 0.1) is 14.2 Å². The van der Waals surface area contributed by atoms with Crippen LogP contribution in [0.1, 0.15) is 49.4 Å². The van der Waals surface area contributed by atoms with Gasteiger partial charge in [-0.05, 0) is 38.0 Å². The van der Waals surface area contributed by atoms with Crippen LogP contribution in [0.5, 0.6) is 11.5 Å². The number of nitrogens with one attached hydrogen (secondary N) is 1. The first-order valence-corrected chi connectivity index (χ1v) is 8.28. The van der Waals surface area contributed by atoms with E-state index in [2.05, 4.69) is 5.32 Å². The number of hydrogen-bond donors (Lipinski definition) is 1. The number of methoxy groups -OCH3 is 2. The van der Waals surface area contributed by atoms with Crippen LogP contribution in [0.2, 0.25) is 0 Å². The molecule has 0 bridgehead atoms. The number of carbonyl (C=O) groups excluding carboxylic acids is 2. The minimum Gasteiger partial charge on any atom is -0.497 e. The Kier molecular flexibility index (Phi) is 6.46. The molecule has 1 aliphatic rings. The Morgan fingerprint density at radius 2 is 1.83 bits per heavy atom. The lowest BCUT2D eigenvalue weighted by molar-refractivity contribution is -0.130. The summed E-state index contributed by atoms with van der Waals surface area (Å²) >= 11 is 0. The summed E-state index contributed by atoms with van der Waals surface area (Å²) in [6, 6.07) is 5.03. The van der Waals surface area contributed by atoms with Crippen molar-refractivity contribution in [2.75, 3.05) is 14.2 Å². The van der Waals surface area contributed by atoms with Crippen molar-refractivity contribution >= 4 is 11.9 Å². The maximum atomic E-state index is 12.4. The van der Waals surface area contributed by atoms with Crippen LogP contribution in [0, 0.1) is 0 Å². The molecule has 1 aromatic rings. The van der Waals surface area contributed by atoms with Crippen LogP contribution >= 0.6 is 0 Å². The number of carbonyl (C=O) groups is 2. The van der Waals surface area contributed by atoms with Crippen molar-refractivity contribution in [2.24, 2.45) is 0 Å². The van der Waals surface area contributed by atoms with Gasteiger partial charge in [0.25, 0.3) is 5.91 Å². The quantitative estimate of drug-likeness (QED) is 0.809. The molecule has 0 heterocycles. The van der Waals surface area contributed by atoms with Crippen LogP contribution in [0.3, 0.4) is 0 Å². The lowest BCUT2D eigenvalue weighted by atomic mass is 9.95. The summed E-state index contributed by atoms with van der Waals surface area (Å²) in [5.74, 6) is 0.0110. The van der Waals surface area contributed by atoms with E-state index in [1.54, 1.807) is 19.1 Å². The molecular weight excluding hydrogens is 310 g/mol. The highest BCUT2D eigenvalue weighted by Crippen LogP contribution is 2.25. The summed E-state index contributed by atoms with van der Waals surface area (Å²) in [7, 11) is 2.98. The first-order valence-electron chi connectivity index (χ1n) is 8.28. The Hall–Kier alpha value is -2.24. The molecule has 1 N–H and O–H groups in total. The predicted molar refractivity (Wildman–Crippen MR) is 89.4 cm³/mol. The average molecular weight is 335 g/mol. The van der Waals surface area contributed by atoms with E-state index < -0.39 is 12.1 Å². The van der Waals surface area contributed by atoms with Gasteiger partial charge in [-0.3, -0.25) is 4.79 Å². The largest absolute Gasteiger partial charge is 0.497 e. The summed E-state index contributed by atoms with van der Waals surface area (Å²) < 4.78 is 15.6. The van der Waals surface area contributed by atoms with Crippen LogP contribution in [0.15, 0.2) is 18.2 Å². The molecule has 6 nitrogen and oxygen atoms in total. The topological polar surface area (TPSA) is 73.9 Å². The Labute approximate surface area is 142 Å². The zero-order valence-electron chi connectivity index (χ0n) is 14.5. The van der Waals surface area contributed by atoms with Crippen molar-refractivity contribution in [1.82, 2.24) is 5.32 Å². The normalized spacial score (nSPS) is 16.1. The molecule has 24 heavy (non-hydrogen) atoms. The van der Waals surface area contributed by atoms with Crippen LogP contribution in [-0.2, 0) is 9.53 Å². The molecule has 0 radical (unpaired) electrons. The molecule has 0 aliphatic heterocycles. The van der Waals surface area contributed by atoms with Crippen molar-refractivity contribution in [3.05, 3.63) is 23.8 Å². The third-order valence-electron chi connectivity index (χ3n) is 4.23. The van der Waals surface area contributed by atoms with E-state index in [4.69, 9.17) is 14.2 Å². The highest BCUT2D eigenvalue weighted by Gasteiger charge is 2.24. The zero-order chi connectivity index (χ0) is 17.5. The number of rotatable bonds is 6. The summed E-state index contributed by atoms with van der Waals surface area (Å²) in [6.45, 7) is 1.57. The van der Waals surface area contributed by atoms with E-state index in [0.29, 0.717) is 11.5 Å². The van der Waals surface area contributed by atoms with Crippen LogP contribution in [0.4, 0.5) is 0 Å². The molecule has 132 valence electrons. The van der Waals surface area contributed by atoms with Crippen molar-refractivity contribution < 1.29 is 23.8 Å². The average Bonchev–Trinajstić information content (AvgIpc) is 2.61. The third-order valence-corrected chi connectivity index (χ3v) is 4.23. The second-order valence-electron chi connectivity index (χ2n) is 5.96. The fraction of sp³-hybridized carbons (Fsp3) is 0.556. The van der Waals surface area contributed by atoms with Gasteiger partial charge < -0.3 is 19.5 Å². The maximum Gasteiger partial charge on any atom is 0.342 e. The van der Waals surface area contributed by atoms with Gasteiger partial charge in [0.15, 0.2) is 6.10 Å². The molecule has 1 fully saturated rings. The van der Waals surface area contributed by atoms with Crippen molar-refractivity contribution in [3.63, 3.8) is 0 Å². The lowest BCUT2D eigenvalue weighted by Gasteiger charge is -2.24. The van der Waals surface area contributed by atoms with Crippen LogP contribution in [0.25, 0.3) is 0 Å². The van der Waals surface area contributed by atoms with Gasteiger partial charge in [0, 0.05) is 6.04 Å². The second-order valence-corrected chi connectivity index (χ2v) is 5.96. The third kappa shape index (κ3) is 4.63. The molecule has 1 unspecified atom stereocenters. The number of amides is 1. The maximum absolute atomic E-state index is 12.4. The molecule has 0 saturated heterocycles. The summed E-state index contributed by atoms with van der Waals surface area (Å²) in [5, 5.41) is 2.95. The zero-order valence-corrected chi connectivity index (χ0v) is 14.5. The van der Waals surface area contributed by atoms with E-state index in [1.165, 1.54) is 26.7 Å².